The normalized spacial score (nSPS) is 19.9. The molecular weight excluding hydrogens is 362 g/mol. The molecule has 4 rings (SSSR count). The summed E-state index contributed by atoms with van der Waals surface area (Å²) >= 11 is 0. The highest BCUT2D eigenvalue weighted by Crippen LogP contribution is 2.38. The maximum Gasteiger partial charge on any atom is 0.254 e. The number of benzene rings is 2. The maximum absolute atomic E-state index is 14.2. The zero-order chi connectivity index (χ0) is 19.8. The first kappa shape index (κ1) is 18.5. The van der Waals surface area contributed by atoms with E-state index in [4.69, 9.17) is 0 Å². The number of amides is 1. The van der Waals surface area contributed by atoms with E-state index in [0.717, 1.165) is 16.5 Å². The van der Waals surface area contributed by atoms with Gasteiger partial charge in [-0.2, -0.15) is 0 Å². The van der Waals surface area contributed by atoms with Crippen LogP contribution in [0.4, 0.5) is 8.78 Å². The molecular formula is C22H20F2N2O2. The molecule has 1 aromatic heterocycles. The predicted octanol–water partition coefficient (Wildman–Crippen LogP) is 4.06. The van der Waals surface area contributed by atoms with E-state index in [2.05, 4.69) is 10.3 Å². The predicted molar refractivity (Wildman–Crippen MR) is 102 cm³/mol. The van der Waals surface area contributed by atoms with Crippen LogP contribution in [-0.4, -0.2) is 22.1 Å². The third kappa shape index (κ3) is 3.36. The molecule has 1 aliphatic rings. The van der Waals surface area contributed by atoms with Crippen molar-refractivity contribution in [3.63, 3.8) is 0 Å². The number of hydrogen-bond acceptors (Lipinski definition) is 3. The van der Waals surface area contributed by atoms with Crippen LogP contribution in [0.2, 0.25) is 0 Å². The van der Waals surface area contributed by atoms with Crippen LogP contribution in [-0.2, 0) is 0 Å². The Bertz CT molecular complexity index is 1050. The summed E-state index contributed by atoms with van der Waals surface area (Å²) in [5.41, 5.74) is 1.42. The van der Waals surface area contributed by atoms with Crippen LogP contribution < -0.4 is 5.32 Å². The number of rotatable bonds is 4. The van der Waals surface area contributed by atoms with E-state index in [1.807, 2.05) is 30.3 Å². The Morgan fingerprint density at radius 2 is 1.93 bits per heavy atom. The number of carbonyl (C=O) groups excluding carboxylic acids is 1. The van der Waals surface area contributed by atoms with Crippen molar-refractivity contribution in [2.45, 2.75) is 31.9 Å². The SMILES string of the molecule is Cc1ccc(C(=O)NC(c2cnc3ccccc3c2)C2CC(O)C2)c(F)c1F. The van der Waals surface area contributed by atoms with Crippen molar-refractivity contribution >= 4 is 16.8 Å². The first-order valence-electron chi connectivity index (χ1n) is 9.22. The lowest BCUT2D eigenvalue weighted by atomic mass is 9.75. The molecule has 3 aromatic rings. The van der Waals surface area contributed by atoms with Gasteiger partial charge in [0.2, 0.25) is 0 Å². The number of nitrogens with one attached hydrogen (secondary N) is 1. The lowest BCUT2D eigenvalue weighted by molar-refractivity contribution is 0.0234. The zero-order valence-corrected chi connectivity index (χ0v) is 15.3. The van der Waals surface area contributed by atoms with Gasteiger partial charge in [-0.15, -0.1) is 0 Å². The van der Waals surface area contributed by atoms with Crippen LogP contribution in [0.25, 0.3) is 10.9 Å². The van der Waals surface area contributed by atoms with E-state index in [1.54, 1.807) is 6.20 Å². The Labute approximate surface area is 161 Å². The molecule has 1 saturated carbocycles. The highest BCUT2D eigenvalue weighted by atomic mass is 19.2. The smallest absolute Gasteiger partial charge is 0.254 e. The molecule has 144 valence electrons. The van der Waals surface area contributed by atoms with Gasteiger partial charge in [0.25, 0.3) is 5.91 Å². The Hall–Kier alpha value is -2.86. The van der Waals surface area contributed by atoms with E-state index in [-0.39, 0.29) is 17.0 Å². The Morgan fingerprint density at radius 3 is 2.68 bits per heavy atom. The van der Waals surface area contributed by atoms with Gasteiger partial charge in [-0.05, 0) is 55.0 Å². The number of pyridine rings is 1. The van der Waals surface area contributed by atoms with Gasteiger partial charge in [-0.25, -0.2) is 8.78 Å². The fraction of sp³-hybridized carbons (Fsp3) is 0.273. The summed E-state index contributed by atoms with van der Waals surface area (Å²) in [5.74, 6) is -2.85. The number of fused-ring (bicyclic) bond motifs is 1. The van der Waals surface area contributed by atoms with Crippen molar-refractivity contribution in [3.05, 3.63) is 77.0 Å². The third-order valence-electron chi connectivity index (χ3n) is 5.40. The summed E-state index contributed by atoms with van der Waals surface area (Å²) < 4.78 is 28.1. The Morgan fingerprint density at radius 1 is 1.18 bits per heavy atom. The van der Waals surface area contributed by atoms with Crippen LogP contribution in [0.15, 0.2) is 48.7 Å². The average molecular weight is 382 g/mol. The standard InChI is InChI=1S/C22H20F2N2O2/c1-12-6-7-17(20(24)19(12)23)22(28)26-21(14-9-16(27)10-14)15-8-13-4-2-3-5-18(13)25-11-15/h2-8,11,14,16,21,27H,9-10H2,1H3,(H,26,28). The van der Waals surface area contributed by atoms with Crippen LogP contribution in [0.5, 0.6) is 0 Å². The van der Waals surface area contributed by atoms with Gasteiger partial charge >= 0.3 is 0 Å². The maximum atomic E-state index is 14.2. The van der Waals surface area contributed by atoms with E-state index in [0.29, 0.717) is 12.8 Å². The van der Waals surface area contributed by atoms with Crippen LogP contribution in [0.1, 0.15) is 40.4 Å². The molecule has 1 aliphatic carbocycles. The molecule has 28 heavy (non-hydrogen) atoms. The highest BCUT2D eigenvalue weighted by Gasteiger charge is 2.36. The van der Waals surface area contributed by atoms with Gasteiger partial charge in [0.15, 0.2) is 11.6 Å². The van der Waals surface area contributed by atoms with Crippen LogP contribution >= 0.6 is 0 Å². The zero-order valence-electron chi connectivity index (χ0n) is 15.3. The number of para-hydroxylation sites is 1. The van der Waals surface area contributed by atoms with Gasteiger partial charge in [-0.3, -0.25) is 9.78 Å². The first-order chi connectivity index (χ1) is 13.4. The monoisotopic (exact) mass is 382 g/mol. The van der Waals surface area contributed by atoms with Gasteiger partial charge in [0.05, 0.1) is 23.2 Å². The molecule has 1 heterocycles. The van der Waals surface area contributed by atoms with Gasteiger partial charge < -0.3 is 10.4 Å². The summed E-state index contributed by atoms with van der Waals surface area (Å²) in [5, 5.41) is 13.5. The minimum Gasteiger partial charge on any atom is -0.393 e. The van der Waals surface area contributed by atoms with E-state index < -0.39 is 29.7 Å². The lowest BCUT2D eigenvalue weighted by Gasteiger charge is -2.38. The summed E-state index contributed by atoms with van der Waals surface area (Å²) in [6.45, 7) is 1.44. The largest absolute Gasteiger partial charge is 0.393 e. The van der Waals surface area contributed by atoms with Gasteiger partial charge in [0, 0.05) is 11.6 Å². The van der Waals surface area contributed by atoms with Gasteiger partial charge in [-0.1, -0.05) is 24.3 Å². The molecule has 2 aromatic carbocycles. The molecule has 1 unspecified atom stereocenters. The fourth-order valence-corrected chi connectivity index (χ4v) is 3.67. The van der Waals surface area contributed by atoms with E-state index >= 15 is 0 Å². The molecule has 6 heteroatoms. The number of carbonyl (C=O) groups is 1. The van der Waals surface area contributed by atoms with Crippen molar-refractivity contribution in [1.29, 1.82) is 0 Å². The molecule has 0 radical (unpaired) electrons. The molecule has 0 spiro atoms. The Balaban J connectivity index is 1.66. The highest BCUT2D eigenvalue weighted by molar-refractivity contribution is 5.95. The molecule has 0 bridgehead atoms. The molecule has 1 amide bonds. The topological polar surface area (TPSA) is 62.2 Å². The molecule has 4 nitrogen and oxygen atoms in total. The van der Waals surface area contributed by atoms with Crippen molar-refractivity contribution < 1.29 is 18.7 Å². The number of aryl methyl sites for hydroxylation is 1. The molecule has 0 saturated heterocycles. The quantitative estimate of drug-likeness (QED) is 0.715. The van der Waals surface area contributed by atoms with Crippen LogP contribution in [0, 0.1) is 24.5 Å². The van der Waals surface area contributed by atoms with Crippen LogP contribution in [0.3, 0.4) is 0 Å². The second-order valence-electron chi connectivity index (χ2n) is 7.36. The van der Waals surface area contributed by atoms with Crippen molar-refractivity contribution in [2.24, 2.45) is 5.92 Å². The van der Waals surface area contributed by atoms with Crippen molar-refractivity contribution in [1.82, 2.24) is 10.3 Å². The van der Waals surface area contributed by atoms with Gasteiger partial charge in [0.1, 0.15) is 0 Å². The van der Waals surface area contributed by atoms with Crippen molar-refractivity contribution in [3.8, 4) is 0 Å². The molecule has 2 N–H and O–H groups in total. The minimum atomic E-state index is -1.15. The number of aromatic nitrogens is 1. The third-order valence-corrected chi connectivity index (χ3v) is 5.40. The molecule has 1 atom stereocenters. The Kier molecular flexibility index (Phi) is 4.81. The number of aliphatic hydroxyl groups excluding tert-OH is 1. The molecule has 1 fully saturated rings. The molecule has 0 aliphatic heterocycles. The van der Waals surface area contributed by atoms with E-state index in [9.17, 15) is 18.7 Å². The summed E-state index contributed by atoms with van der Waals surface area (Å²) in [7, 11) is 0. The number of nitrogens with zero attached hydrogens (tertiary/aromatic N) is 1. The first-order valence-corrected chi connectivity index (χ1v) is 9.22. The average Bonchev–Trinajstić information content (AvgIpc) is 2.67. The lowest BCUT2D eigenvalue weighted by Crippen LogP contribution is -2.41. The summed E-state index contributed by atoms with van der Waals surface area (Å²) in [4.78, 5) is 17.1. The number of halogens is 2. The summed E-state index contributed by atoms with van der Waals surface area (Å²) in [6, 6.07) is 11.8. The second kappa shape index (κ2) is 7.28. The number of hydrogen-bond donors (Lipinski definition) is 2. The minimum absolute atomic E-state index is 0.000249. The summed E-state index contributed by atoms with van der Waals surface area (Å²) in [6.07, 6.45) is 2.33. The van der Waals surface area contributed by atoms with Crippen molar-refractivity contribution in [2.75, 3.05) is 0 Å². The number of aliphatic hydroxyl groups is 1. The van der Waals surface area contributed by atoms with E-state index in [1.165, 1.54) is 19.1 Å². The second-order valence-corrected chi connectivity index (χ2v) is 7.36. The fourth-order valence-electron chi connectivity index (χ4n) is 3.67.